The van der Waals surface area contributed by atoms with Crippen LogP contribution in [0.3, 0.4) is 0 Å². The average molecular weight is 287 g/mol. The largest absolute Gasteiger partial charge is 0.352 e. The highest BCUT2D eigenvalue weighted by Crippen LogP contribution is 2.27. The highest BCUT2D eigenvalue weighted by Gasteiger charge is 2.21. The summed E-state index contributed by atoms with van der Waals surface area (Å²) in [5, 5.41) is 2.83. The standard InChI is InChI=1S/C18H25NO2/c1-12(11-18(2,3)4)9-16(20)14-6-5-13-7-8-19-17(21)15(13)10-14/h5-6,10,12H,7-9,11H2,1-4H3,(H,19,21). The lowest BCUT2D eigenvalue weighted by Gasteiger charge is -2.23. The van der Waals surface area contributed by atoms with E-state index >= 15 is 0 Å². The maximum Gasteiger partial charge on any atom is 0.251 e. The van der Waals surface area contributed by atoms with Crippen molar-refractivity contribution in [1.29, 1.82) is 0 Å². The summed E-state index contributed by atoms with van der Waals surface area (Å²) >= 11 is 0. The minimum atomic E-state index is -0.0614. The molecular formula is C18H25NO2. The van der Waals surface area contributed by atoms with Crippen molar-refractivity contribution in [2.24, 2.45) is 11.3 Å². The van der Waals surface area contributed by atoms with E-state index in [4.69, 9.17) is 0 Å². The third-order valence-corrected chi connectivity index (χ3v) is 3.85. The van der Waals surface area contributed by atoms with Gasteiger partial charge in [0.2, 0.25) is 0 Å². The lowest BCUT2D eigenvalue weighted by molar-refractivity contribution is 0.0946. The van der Waals surface area contributed by atoms with Crippen LogP contribution in [0.1, 0.15) is 66.8 Å². The van der Waals surface area contributed by atoms with Gasteiger partial charge in [-0.05, 0) is 35.8 Å². The second-order valence-corrected chi connectivity index (χ2v) is 7.38. The van der Waals surface area contributed by atoms with Crippen LogP contribution in [0.5, 0.6) is 0 Å². The Morgan fingerprint density at radius 3 is 2.71 bits per heavy atom. The highest BCUT2D eigenvalue weighted by molar-refractivity contribution is 6.02. The number of carbonyl (C=O) groups excluding carboxylic acids is 2. The smallest absolute Gasteiger partial charge is 0.251 e. The van der Waals surface area contributed by atoms with Gasteiger partial charge in [-0.25, -0.2) is 0 Å². The molecular weight excluding hydrogens is 262 g/mol. The van der Waals surface area contributed by atoms with Crippen molar-refractivity contribution in [3.63, 3.8) is 0 Å². The van der Waals surface area contributed by atoms with Crippen LogP contribution in [0.25, 0.3) is 0 Å². The molecule has 21 heavy (non-hydrogen) atoms. The third-order valence-electron chi connectivity index (χ3n) is 3.85. The van der Waals surface area contributed by atoms with Gasteiger partial charge in [-0.1, -0.05) is 39.8 Å². The number of rotatable bonds is 4. The van der Waals surface area contributed by atoms with Crippen molar-refractivity contribution in [2.45, 2.75) is 47.0 Å². The molecule has 0 fully saturated rings. The molecule has 1 aliphatic rings. The van der Waals surface area contributed by atoms with Gasteiger partial charge in [0.1, 0.15) is 0 Å². The molecule has 0 aromatic heterocycles. The van der Waals surface area contributed by atoms with Crippen LogP contribution in [0, 0.1) is 11.3 Å². The quantitative estimate of drug-likeness (QED) is 0.860. The third kappa shape index (κ3) is 4.16. The zero-order valence-corrected chi connectivity index (χ0v) is 13.5. The Balaban J connectivity index is 2.10. The van der Waals surface area contributed by atoms with Gasteiger partial charge in [0, 0.05) is 24.1 Å². The van der Waals surface area contributed by atoms with Crippen molar-refractivity contribution in [1.82, 2.24) is 5.32 Å². The highest BCUT2D eigenvalue weighted by atomic mass is 16.1. The Bertz CT molecular complexity index is 555. The van der Waals surface area contributed by atoms with Gasteiger partial charge in [0.15, 0.2) is 5.78 Å². The number of nitrogens with one attached hydrogen (secondary N) is 1. The molecule has 2 rings (SSSR count). The van der Waals surface area contributed by atoms with E-state index in [1.807, 2.05) is 12.1 Å². The molecule has 1 amide bonds. The molecule has 1 unspecified atom stereocenters. The molecule has 3 nitrogen and oxygen atoms in total. The van der Waals surface area contributed by atoms with Crippen LogP contribution in [-0.2, 0) is 6.42 Å². The number of hydrogen-bond donors (Lipinski definition) is 1. The molecule has 0 saturated heterocycles. The van der Waals surface area contributed by atoms with Crippen LogP contribution in [0.4, 0.5) is 0 Å². The predicted molar refractivity (Wildman–Crippen MR) is 84.7 cm³/mol. The van der Waals surface area contributed by atoms with E-state index in [9.17, 15) is 9.59 Å². The summed E-state index contributed by atoms with van der Waals surface area (Å²) < 4.78 is 0. The first-order valence-electron chi connectivity index (χ1n) is 7.70. The van der Waals surface area contributed by atoms with Crippen LogP contribution >= 0.6 is 0 Å². The Kier molecular flexibility index (Phi) is 4.50. The summed E-state index contributed by atoms with van der Waals surface area (Å²) in [7, 11) is 0. The van der Waals surface area contributed by atoms with Gasteiger partial charge >= 0.3 is 0 Å². The first kappa shape index (κ1) is 15.7. The van der Waals surface area contributed by atoms with Crippen molar-refractivity contribution < 1.29 is 9.59 Å². The van der Waals surface area contributed by atoms with Crippen molar-refractivity contribution in [2.75, 3.05) is 6.54 Å². The molecule has 3 heteroatoms. The fraction of sp³-hybridized carbons (Fsp3) is 0.556. The fourth-order valence-corrected chi connectivity index (χ4v) is 3.14. The Morgan fingerprint density at radius 2 is 2.05 bits per heavy atom. The summed E-state index contributed by atoms with van der Waals surface area (Å²) in [4.78, 5) is 24.2. The maximum absolute atomic E-state index is 12.4. The zero-order valence-electron chi connectivity index (χ0n) is 13.5. The lowest BCUT2D eigenvalue weighted by Crippen LogP contribution is -2.32. The molecule has 0 bridgehead atoms. The maximum atomic E-state index is 12.4. The molecule has 0 radical (unpaired) electrons. The van der Waals surface area contributed by atoms with E-state index in [1.54, 1.807) is 6.07 Å². The van der Waals surface area contributed by atoms with Crippen molar-refractivity contribution >= 4 is 11.7 Å². The SMILES string of the molecule is CC(CC(=O)c1ccc2c(c1)C(=O)NCC2)CC(C)(C)C. The average Bonchev–Trinajstić information content (AvgIpc) is 2.36. The monoisotopic (exact) mass is 287 g/mol. The van der Waals surface area contributed by atoms with Gasteiger partial charge < -0.3 is 5.32 Å². The fourth-order valence-electron chi connectivity index (χ4n) is 3.14. The number of hydrogen-bond acceptors (Lipinski definition) is 2. The van der Waals surface area contributed by atoms with Gasteiger partial charge in [-0.2, -0.15) is 0 Å². The topological polar surface area (TPSA) is 46.2 Å². The summed E-state index contributed by atoms with van der Waals surface area (Å²) in [5.74, 6) is 0.420. The minimum Gasteiger partial charge on any atom is -0.352 e. The molecule has 0 spiro atoms. The van der Waals surface area contributed by atoms with Gasteiger partial charge in [-0.15, -0.1) is 0 Å². The molecule has 0 saturated carbocycles. The summed E-state index contributed by atoms with van der Waals surface area (Å²) in [6.07, 6.45) is 2.40. The molecule has 1 heterocycles. The Hall–Kier alpha value is -1.64. The van der Waals surface area contributed by atoms with Crippen molar-refractivity contribution in [3.05, 3.63) is 34.9 Å². The first-order valence-corrected chi connectivity index (χ1v) is 7.70. The van der Waals surface area contributed by atoms with E-state index in [-0.39, 0.29) is 17.1 Å². The second kappa shape index (κ2) is 6.00. The molecule has 114 valence electrons. The zero-order chi connectivity index (χ0) is 15.6. The second-order valence-electron chi connectivity index (χ2n) is 7.38. The lowest BCUT2D eigenvalue weighted by atomic mass is 9.82. The normalized spacial score (nSPS) is 16.1. The van der Waals surface area contributed by atoms with Crippen LogP contribution in [0.2, 0.25) is 0 Å². The van der Waals surface area contributed by atoms with E-state index in [1.165, 1.54) is 0 Å². The van der Waals surface area contributed by atoms with Crippen molar-refractivity contribution in [3.8, 4) is 0 Å². The van der Waals surface area contributed by atoms with Crippen LogP contribution < -0.4 is 5.32 Å². The Morgan fingerprint density at radius 1 is 1.33 bits per heavy atom. The number of carbonyl (C=O) groups is 2. The van der Waals surface area contributed by atoms with Gasteiger partial charge in [-0.3, -0.25) is 9.59 Å². The molecule has 1 aliphatic heterocycles. The van der Waals surface area contributed by atoms with Crippen LogP contribution in [0.15, 0.2) is 18.2 Å². The van der Waals surface area contributed by atoms with Gasteiger partial charge in [0.05, 0.1) is 0 Å². The van der Waals surface area contributed by atoms with Crippen LogP contribution in [-0.4, -0.2) is 18.2 Å². The molecule has 0 aliphatic carbocycles. The molecule has 1 N–H and O–H groups in total. The van der Waals surface area contributed by atoms with E-state index in [2.05, 4.69) is 33.0 Å². The number of Topliss-reactive ketones (excluding diaryl/α,β-unsaturated/α-hetero) is 1. The Labute approximate surface area is 127 Å². The van der Waals surface area contributed by atoms with E-state index < -0.39 is 0 Å². The minimum absolute atomic E-state index is 0.0614. The number of benzene rings is 1. The molecule has 1 aromatic carbocycles. The van der Waals surface area contributed by atoms with E-state index in [0.717, 1.165) is 18.4 Å². The number of amides is 1. The summed E-state index contributed by atoms with van der Waals surface area (Å²) in [6, 6.07) is 5.55. The summed E-state index contributed by atoms with van der Waals surface area (Å²) in [5.41, 5.74) is 2.59. The molecule has 1 atom stereocenters. The first-order chi connectivity index (χ1) is 9.76. The number of fused-ring (bicyclic) bond motifs is 1. The number of ketones is 1. The summed E-state index contributed by atoms with van der Waals surface area (Å²) in [6.45, 7) is 9.38. The van der Waals surface area contributed by atoms with E-state index in [0.29, 0.717) is 30.0 Å². The molecule has 1 aromatic rings. The van der Waals surface area contributed by atoms with Gasteiger partial charge in [0.25, 0.3) is 5.91 Å². The predicted octanol–water partition coefficient (Wildman–Crippen LogP) is 3.62.